The van der Waals surface area contributed by atoms with Crippen LogP contribution in [0.5, 0.6) is 0 Å². The first-order valence-electron chi connectivity index (χ1n) is 9.68. The van der Waals surface area contributed by atoms with Crippen molar-refractivity contribution in [3.05, 3.63) is 70.1 Å². The number of carbonyl (C=O) groups excluding carboxylic acids is 1. The molecule has 3 aromatic heterocycles. The highest BCUT2D eigenvalue weighted by Crippen LogP contribution is 2.31. The van der Waals surface area contributed by atoms with E-state index in [-0.39, 0.29) is 29.6 Å². The lowest BCUT2D eigenvalue weighted by Crippen LogP contribution is -2.14. The SMILES string of the molecule is COCc1nc(C(F)(F)F)nn1-c1ccc(Nc2cn(-c3c(Cl)cccc3Cl)nc2C(N)=O)cn1. The molecule has 15 heteroatoms. The molecule has 0 radical (unpaired) electrons. The minimum absolute atomic E-state index is 0.0688. The Morgan fingerprint density at radius 1 is 1.17 bits per heavy atom. The Morgan fingerprint density at radius 3 is 2.46 bits per heavy atom. The Hall–Kier alpha value is -3.68. The van der Waals surface area contributed by atoms with Crippen LogP contribution in [-0.2, 0) is 17.5 Å². The summed E-state index contributed by atoms with van der Waals surface area (Å²) >= 11 is 12.4. The molecule has 3 N–H and O–H groups in total. The number of aromatic nitrogens is 6. The van der Waals surface area contributed by atoms with E-state index in [4.69, 9.17) is 33.7 Å². The van der Waals surface area contributed by atoms with Crippen molar-refractivity contribution < 1.29 is 22.7 Å². The summed E-state index contributed by atoms with van der Waals surface area (Å²) in [5.41, 5.74) is 6.31. The zero-order valence-electron chi connectivity index (χ0n) is 17.7. The maximum atomic E-state index is 13.0. The lowest BCUT2D eigenvalue weighted by molar-refractivity contribution is -0.144. The number of anilines is 2. The number of pyridine rings is 1. The summed E-state index contributed by atoms with van der Waals surface area (Å²) in [6.07, 6.45) is -1.94. The highest BCUT2D eigenvalue weighted by atomic mass is 35.5. The monoisotopic (exact) mass is 526 g/mol. The molecule has 10 nitrogen and oxygen atoms in total. The quantitative estimate of drug-likeness (QED) is 0.370. The number of rotatable bonds is 7. The number of hydrogen-bond donors (Lipinski definition) is 2. The maximum Gasteiger partial charge on any atom is 0.453 e. The summed E-state index contributed by atoms with van der Waals surface area (Å²) in [5.74, 6) is -2.14. The van der Waals surface area contributed by atoms with Gasteiger partial charge in [0.1, 0.15) is 12.3 Å². The third-order valence-corrected chi connectivity index (χ3v) is 5.17. The topological polar surface area (TPSA) is 126 Å². The molecule has 0 atom stereocenters. The summed E-state index contributed by atoms with van der Waals surface area (Å²) in [7, 11) is 1.32. The third-order valence-electron chi connectivity index (χ3n) is 4.56. The molecule has 3 heterocycles. The molecule has 0 saturated heterocycles. The van der Waals surface area contributed by atoms with Crippen LogP contribution in [0, 0.1) is 0 Å². The number of benzene rings is 1. The number of nitrogens with two attached hydrogens (primary N) is 1. The summed E-state index contributed by atoms with van der Waals surface area (Å²) < 4.78 is 46.3. The molecule has 0 fully saturated rings. The van der Waals surface area contributed by atoms with Crippen molar-refractivity contribution in [3.63, 3.8) is 0 Å². The van der Waals surface area contributed by atoms with Gasteiger partial charge in [-0.25, -0.2) is 14.6 Å². The minimum Gasteiger partial charge on any atom is -0.377 e. The molecule has 182 valence electrons. The minimum atomic E-state index is -4.73. The highest BCUT2D eigenvalue weighted by molar-refractivity contribution is 6.37. The Kier molecular flexibility index (Phi) is 6.65. The number of nitrogens with zero attached hydrogens (tertiary/aromatic N) is 6. The normalized spacial score (nSPS) is 11.6. The van der Waals surface area contributed by atoms with Crippen molar-refractivity contribution in [2.24, 2.45) is 5.73 Å². The van der Waals surface area contributed by atoms with Crippen molar-refractivity contribution in [3.8, 4) is 11.5 Å². The van der Waals surface area contributed by atoms with Gasteiger partial charge < -0.3 is 15.8 Å². The van der Waals surface area contributed by atoms with Crippen LogP contribution in [0.25, 0.3) is 11.5 Å². The van der Waals surface area contributed by atoms with Crippen molar-refractivity contribution in [1.82, 2.24) is 29.5 Å². The second-order valence-corrected chi connectivity index (χ2v) is 7.81. The molecule has 0 aliphatic rings. The number of hydrogen-bond acceptors (Lipinski definition) is 7. The first-order valence-corrected chi connectivity index (χ1v) is 10.4. The third kappa shape index (κ3) is 5.06. The van der Waals surface area contributed by atoms with Crippen molar-refractivity contribution in [2.45, 2.75) is 12.8 Å². The standard InChI is InChI=1S/C20H15Cl2F3N8O2/c1-35-9-15-29-19(20(23,24)25)31-33(15)14-6-5-10(7-27-14)28-13-8-32(30-16(13)18(26)34)17-11(21)3-2-4-12(17)22/h2-8,28H,9H2,1H3,(H2,26,34). The number of primary amides is 1. The molecule has 0 bridgehead atoms. The van der Waals surface area contributed by atoms with E-state index in [0.29, 0.717) is 21.4 Å². The fourth-order valence-electron chi connectivity index (χ4n) is 3.08. The molecule has 35 heavy (non-hydrogen) atoms. The van der Waals surface area contributed by atoms with Crippen LogP contribution in [0.15, 0.2) is 42.7 Å². The van der Waals surface area contributed by atoms with Crippen molar-refractivity contribution >= 4 is 40.5 Å². The van der Waals surface area contributed by atoms with E-state index < -0.39 is 17.9 Å². The van der Waals surface area contributed by atoms with Crippen molar-refractivity contribution in [1.29, 1.82) is 0 Å². The van der Waals surface area contributed by atoms with Gasteiger partial charge in [-0.15, -0.1) is 5.10 Å². The lowest BCUT2D eigenvalue weighted by atomic mass is 10.3. The van der Waals surface area contributed by atoms with E-state index in [9.17, 15) is 18.0 Å². The van der Waals surface area contributed by atoms with E-state index >= 15 is 0 Å². The van der Waals surface area contributed by atoms with Gasteiger partial charge in [-0.1, -0.05) is 29.3 Å². The van der Waals surface area contributed by atoms with Crippen LogP contribution in [0.3, 0.4) is 0 Å². The number of para-hydroxylation sites is 1. The second-order valence-electron chi connectivity index (χ2n) is 6.99. The summed E-state index contributed by atoms with van der Waals surface area (Å²) in [4.78, 5) is 19.6. The molecular formula is C20H15Cl2F3N8O2. The molecule has 1 amide bonds. The van der Waals surface area contributed by atoms with Gasteiger partial charge in [0.05, 0.1) is 33.8 Å². The van der Waals surface area contributed by atoms with Gasteiger partial charge in [0.15, 0.2) is 17.3 Å². The Bertz CT molecular complexity index is 1370. The Balaban J connectivity index is 1.65. The zero-order chi connectivity index (χ0) is 25.3. The van der Waals surface area contributed by atoms with Gasteiger partial charge in [-0.3, -0.25) is 4.79 Å². The summed E-state index contributed by atoms with van der Waals surface area (Å²) in [5, 5.41) is 11.2. The first kappa shape index (κ1) is 24.4. The molecular weight excluding hydrogens is 512 g/mol. The average molecular weight is 527 g/mol. The molecule has 0 unspecified atom stereocenters. The molecule has 0 aliphatic heterocycles. The fraction of sp³-hybridized carbons (Fsp3) is 0.150. The summed E-state index contributed by atoms with van der Waals surface area (Å²) in [6.45, 7) is -0.212. The predicted octanol–water partition coefficient (Wildman–Crippen LogP) is 4.16. The smallest absolute Gasteiger partial charge is 0.377 e. The van der Waals surface area contributed by atoms with Crippen LogP contribution in [0.2, 0.25) is 10.0 Å². The fourth-order valence-corrected chi connectivity index (χ4v) is 3.65. The van der Waals surface area contributed by atoms with E-state index in [0.717, 1.165) is 4.68 Å². The first-order chi connectivity index (χ1) is 16.6. The molecule has 4 aromatic rings. The number of alkyl halides is 3. The molecule has 0 spiro atoms. The summed E-state index contributed by atoms with van der Waals surface area (Å²) in [6, 6.07) is 7.80. The molecule has 1 aromatic carbocycles. The van der Waals surface area contributed by atoms with E-state index in [2.05, 4.69) is 25.5 Å². The van der Waals surface area contributed by atoms with Crippen LogP contribution in [0.1, 0.15) is 22.1 Å². The number of nitrogens with one attached hydrogen (secondary N) is 1. The number of ether oxygens (including phenoxy) is 1. The van der Waals surface area contributed by atoms with Gasteiger partial charge in [-0.2, -0.15) is 23.0 Å². The molecule has 4 rings (SSSR count). The van der Waals surface area contributed by atoms with E-state index in [1.165, 1.54) is 36.3 Å². The van der Waals surface area contributed by atoms with Crippen molar-refractivity contribution in [2.75, 3.05) is 12.4 Å². The van der Waals surface area contributed by atoms with Crippen LogP contribution < -0.4 is 11.1 Å². The Labute approximate surface area is 205 Å². The van der Waals surface area contributed by atoms with Gasteiger partial charge in [0, 0.05) is 7.11 Å². The maximum absolute atomic E-state index is 13.0. The van der Waals surface area contributed by atoms with Crippen LogP contribution in [0.4, 0.5) is 24.5 Å². The molecule has 0 aliphatic carbocycles. The van der Waals surface area contributed by atoms with Gasteiger partial charge in [0.2, 0.25) is 0 Å². The number of halogens is 5. The largest absolute Gasteiger partial charge is 0.453 e. The zero-order valence-corrected chi connectivity index (χ0v) is 19.2. The second kappa shape index (κ2) is 9.52. The number of methoxy groups -OCH3 is 1. The number of carbonyl (C=O) groups is 1. The van der Waals surface area contributed by atoms with E-state index in [1.54, 1.807) is 18.2 Å². The van der Waals surface area contributed by atoms with Crippen LogP contribution >= 0.6 is 23.2 Å². The predicted molar refractivity (Wildman–Crippen MR) is 120 cm³/mol. The number of amides is 1. The van der Waals surface area contributed by atoms with Gasteiger partial charge in [0.25, 0.3) is 11.7 Å². The average Bonchev–Trinajstić information content (AvgIpc) is 3.39. The molecule has 0 saturated carbocycles. The lowest BCUT2D eigenvalue weighted by Gasteiger charge is -2.08. The van der Waals surface area contributed by atoms with E-state index in [1.807, 2.05) is 0 Å². The van der Waals surface area contributed by atoms with Crippen LogP contribution in [-0.4, -0.2) is 42.5 Å². The Morgan fingerprint density at radius 2 is 1.89 bits per heavy atom. The van der Waals surface area contributed by atoms with Gasteiger partial charge in [-0.05, 0) is 24.3 Å². The van der Waals surface area contributed by atoms with Gasteiger partial charge >= 0.3 is 6.18 Å². The highest BCUT2D eigenvalue weighted by Gasteiger charge is 2.37.